The summed E-state index contributed by atoms with van der Waals surface area (Å²) in [5.41, 5.74) is 0.0154. The van der Waals surface area contributed by atoms with Crippen molar-refractivity contribution in [1.82, 2.24) is 15.7 Å². The lowest BCUT2D eigenvalue weighted by Crippen LogP contribution is -2.45. The molecule has 2 heterocycles. The quantitative estimate of drug-likeness (QED) is 0.576. The monoisotopic (exact) mass is 429 g/mol. The van der Waals surface area contributed by atoms with Crippen LogP contribution in [-0.2, 0) is 15.6 Å². The molecule has 0 aromatic rings. The normalized spacial score (nSPS) is 39.0. The smallest absolute Gasteiger partial charge is 0.225 e. The molecule has 0 aromatic carbocycles. The number of nitrogens with one attached hydrogen (secondary N) is 2. The number of rotatable bonds is 7. The lowest BCUT2D eigenvalue weighted by Gasteiger charge is -2.34. The van der Waals surface area contributed by atoms with Crippen LogP contribution in [0, 0.1) is 17.8 Å². The Balaban J connectivity index is 1.36. The summed E-state index contributed by atoms with van der Waals surface area (Å²) >= 11 is 1.78. The molecule has 160 valence electrons. The van der Waals surface area contributed by atoms with Gasteiger partial charge in [0.05, 0.1) is 0 Å². The Kier molecular flexibility index (Phi) is 7.03. The van der Waals surface area contributed by atoms with E-state index in [-0.39, 0.29) is 17.3 Å². The highest BCUT2D eigenvalue weighted by molar-refractivity contribution is 8.00. The average molecular weight is 430 g/mol. The zero-order chi connectivity index (χ0) is 19.7. The second kappa shape index (κ2) is 9.33. The van der Waals surface area contributed by atoms with E-state index in [1.165, 1.54) is 5.06 Å². The van der Waals surface area contributed by atoms with Gasteiger partial charge in [-0.25, -0.2) is 0 Å². The summed E-state index contributed by atoms with van der Waals surface area (Å²) in [6, 6.07) is 0. The molecular formula is C20H35N3O3S2. The van der Waals surface area contributed by atoms with E-state index in [2.05, 4.69) is 17.6 Å². The zero-order valence-corrected chi connectivity index (χ0v) is 18.5. The molecule has 1 amide bonds. The van der Waals surface area contributed by atoms with Crippen LogP contribution >= 0.6 is 11.8 Å². The summed E-state index contributed by atoms with van der Waals surface area (Å²) in [6.45, 7) is 4.50. The van der Waals surface area contributed by atoms with Gasteiger partial charge in [0, 0.05) is 52.1 Å². The molecule has 2 saturated carbocycles. The second-order valence-corrected chi connectivity index (χ2v) is 12.8. The first-order valence-electron chi connectivity index (χ1n) is 11.0. The SMILES string of the molecule is CC1CNC(NC(=O)[C@H](C[C@H]2CCN(O)C2)C2CCC(S(=O)C3CC3)CC2)S1. The maximum atomic E-state index is 13.2. The number of nitrogens with zero attached hydrogens (tertiary/aromatic N) is 1. The summed E-state index contributed by atoms with van der Waals surface area (Å²) in [6.07, 6.45) is 8.13. The van der Waals surface area contributed by atoms with E-state index in [1.807, 2.05) is 0 Å². The molecule has 3 N–H and O–H groups in total. The third-order valence-corrected chi connectivity index (χ3v) is 10.3. The van der Waals surface area contributed by atoms with Crippen LogP contribution in [0.1, 0.15) is 58.3 Å². The van der Waals surface area contributed by atoms with Gasteiger partial charge in [-0.1, -0.05) is 6.92 Å². The summed E-state index contributed by atoms with van der Waals surface area (Å²) in [5.74, 6) is 0.943. The van der Waals surface area contributed by atoms with Crippen molar-refractivity contribution in [2.24, 2.45) is 17.8 Å². The Morgan fingerprint density at radius 1 is 1.21 bits per heavy atom. The number of thioether (sulfide) groups is 1. The van der Waals surface area contributed by atoms with Crippen molar-refractivity contribution in [2.75, 3.05) is 19.6 Å². The molecule has 0 spiro atoms. The Morgan fingerprint density at radius 3 is 2.43 bits per heavy atom. The molecule has 5 atom stereocenters. The van der Waals surface area contributed by atoms with Gasteiger partial charge in [-0.15, -0.1) is 11.8 Å². The van der Waals surface area contributed by atoms with E-state index in [0.29, 0.717) is 40.7 Å². The van der Waals surface area contributed by atoms with Crippen molar-refractivity contribution >= 4 is 28.5 Å². The molecule has 2 aliphatic heterocycles. The molecule has 28 heavy (non-hydrogen) atoms. The zero-order valence-electron chi connectivity index (χ0n) is 16.8. The maximum absolute atomic E-state index is 13.2. The van der Waals surface area contributed by atoms with Crippen LogP contribution in [0.3, 0.4) is 0 Å². The van der Waals surface area contributed by atoms with Crippen molar-refractivity contribution in [3.05, 3.63) is 0 Å². The Bertz CT molecular complexity index is 581. The molecule has 3 unspecified atom stereocenters. The van der Waals surface area contributed by atoms with Crippen LogP contribution in [0.15, 0.2) is 0 Å². The second-order valence-electron chi connectivity index (χ2n) is 9.22. The third-order valence-electron chi connectivity index (χ3n) is 6.89. The molecule has 2 aliphatic carbocycles. The van der Waals surface area contributed by atoms with Crippen molar-refractivity contribution in [1.29, 1.82) is 0 Å². The van der Waals surface area contributed by atoms with Gasteiger partial charge in [0.25, 0.3) is 0 Å². The van der Waals surface area contributed by atoms with Crippen LogP contribution in [0.5, 0.6) is 0 Å². The van der Waals surface area contributed by atoms with Gasteiger partial charge in [-0.2, -0.15) is 5.06 Å². The van der Waals surface area contributed by atoms with Crippen molar-refractivity contribution in [2.45, 2.75) is 79.5 Å². The maximum Gasteiger partial charge on any atom is 0.225 e. The fraction of sp³-hybridized carbons (Fsp3) is 0.950. The minimum Gasteiger partial charge on any atom is -0.332 e. The van der Waals surface area contributed by atoms with Gasteiger partial charge in [0.2, 0.25) is 5.91 Å². The van der Waals surface area contributed by atoms with Crippen LogP contribution < -0.4 is 10.6 Å². The Labute approximate surface area is 175 Å². The first kappa shape index (κ1) is 21.1. The molecule has 0 radical (unpaired) electrons. The molecule has 0 aromatic heterocycles. The molecule has 6 nitrogen and oxygen atoms in total. The fourth-order valence-corrected chi connectivity index (χ4v) is 8.01. The lowest BCUT2D eigenvalue weighted by atomic mass is 9.75. The number of carbonyl (C=O) groups is 1. The van der Waals surface area contributed by atoms with Gasteiger partial charge in [-0.05, 0) is 63.2 Å². The number of hydrogen-bond acceptors (Lipinski definition) is 6. The first-order chi connectivity index (χ1) is 13.5. The Morgan fingerprint density at radius 2 is 1.89 bits per heavy atom. The van der Waals surface area contributed by atoms with Gasteiger partial charge >= 0.3 is 0 Å². The van der Waals surface area contributed by atoms with Gasteiger partial charge in [-0.3, -0.25) is 14.3 Å². The minimum atomic E-state index is -0.656. The fourth-order valence-electron chi connectivity index (χ4n) is 5.10. The van der Waals surface area contributed by atoms with Gasteiger partial charge in [0.1, 0.15) is 5.50 Å². The molecule has 0 bridgehead atoms. The topological polar surface area (TPSA) is 81.7 Å². The highest BCUT2D eigenvalue weighted by atomic mass is 32.2. The molecular weight excluding hydrogens is 394 g/mol. The predicted molar refractivity (Wildman–Crippen MR) is 113 cm³/mol. The van der Waals surface area contributed by atoms with Gasteiger partial charge < -0.3 is 10.5 Å². The number of hydrogen-bond donors (Lipinski definition) is 3. The standard InChI is InChI=1S/C20H35N3O3S2/c1-13-11-21-20(27-13)22-19(24)18(10-14-8-9-23(25)12-14)15-2-4-16(5-3-15)28(26)17-6-7-17/h13-18,20-21,25H,2-12H2,1H3,(H,22,24)/t13?,14-,15?,16?,18-,20?,28?/m1/s1. The van der Waals surface area contributed by atoms with E-state index < -0.39 is 10.8 Å². The van der Waals surface area contributed by atoms with E-state index in [4.69, 9.17) is 0 Å². The number of carbonyl (C=O) groups excluding carboxylic acids is 1. The summed E-state index contributed by atoms with van der Waals surface area (Å²) in [5, 5.41) is 19.1. The van der Waals surface area contributed by atoms with Crippen molar-refractivity contribution in [3.8, 4) is 0 Å². The van der Waals surface area contributed by atoms with E-state index in [9.17, 15) is 14.2 Å². The average Bonchev–Trinajstić information content (AvgIpc) is 3.34. The molecule has 4 fully saturated rings. The van der Waals surface area contributed by atoms with Crippen molar-refractivity contribution < 1.29 is 14.2 Å². The highest BCUT2D eigenvalue weighted by Crippen LogP contribution is 2.40. The molecule has 4 aliphatic rings. The summed E-state index contributed by atoms with van der Waals surface area (Å²) in [7, 11) is -0.656. The third kappa shape index (κ3) is 5.31. The summed E-state index contributed by atoms with van der Waals surface area (Å²) < 4.78 is 12.5. The van der Waals surface area contributed by atoms with Crippen LogP contribution in [0.2, 0.25) is 0 Å². The molecule has 4 rings (SSSR count). The largest absolute Gasteiger partial charge is 0.332 e. The Hall–Kier alpha value is -0.150. The van der Waals surface area contributed by atoms with Crippen LogP contribution in [0.25, 0.3) is 0 Å². The minimum absolute atomic E-state index is 0.00474. The predicted octanol–water partition coefficient (Wildman–Crippen LogP) is 2.30. The molecule has 2 saturated heterocycles. The van der Waals surface area contributed by atoms with Crippen LogP contribution in [0.4, 0.5) is 0 Å². The van der Waals surface area contributed by atoms with E-state index in [1.54, 1.807) is 11.8 Å². The van der Waals surface area contributed by atoms with E-state index >= 15 is 0 Å². The highest BCUT2D eigenvalue weighted by Gasteiger charge is 2.40. The number of hydroxylamine groups is 2. The van der Waals surface area contributed by atoms with Crippen LogP contribution in [-0.4, -0.2) is 61.3 Å². The first-order valence-corrected chi connectivity index (χ1v) is 13.2. The van der Waals surface area contributed by atoms with E-state index in [0.717, 1.165) is 57.9 Å². The lowest BCUT2D eigenvalue weighted by molar-refractivity contribution is -0.128. The van der Waals surface area contributed by atoms with Crippen molar-refractivity contribution in [3.63, 3.8) is 0 Å². The number of amides is 1. The van der Waals surface area contributed by atoms with Gasteiger partial charge in [0.15, 0.2) is 0 Å². The molecule has 8 heteroatoms. The summed E-state index contributed by atoms with van der Waals surface area (Å²) in [4.78, 5) is 13.2.